The highest BCUT2D eigenvalue weighted by Crippen LogP contribution is 2.13. The molecule has 0 unspecified atom stereocenters. The van der Waals surface area contributed by atoms with Crippen LogP contribution in [0, 0.1) is 0 Å². The summed E-state index contributed by atoms with van der Waals surface area (Å²) in [6, 6.07) is -1.32. The standard InChI is InChI=1S/C11H18NO6/c1-11(2,3)18-10(17)12(4)7(9(15)16)5-6-8(13)14/h7H,5-6H2,1-4H3,(H,13,14)/t7-/m0/s1. The van der Waals surface area contributed by atoms with E-state index in [9.17, 15) is 19.5 Å². The number of hydrogen-bond acceptors (Lipinski definition) is 4. The Morgan fingerprint density at radius 2 is 1.78 bits per heavy atom. The topological polar surface area (TPSA) is 104 Å². The fraction of sp³-hybridized carbons (Fsp3) is 0.727. The minimum Gasteiger partial charge on any atom is -0.481 e. The van der Waals surface area contributed by atoms with Crippen LogP contribution in [0.15, 0.2) is 0 Å². The van der Waals surface area contributed by atoms with Crippen molar-refractivity contribution >= 4 is 18.0 Å². The number of carboxylic acid groups (broad SMARTS) is 1. The lowest BCUT2D eigenvalue weighted by molar-refractivity contribution is -0.149. The van der Waals surface area contributed by atoms with Gasteiger partial charge in [-0.15, -0.1) is 0 Å². The summed E-state index contributed by atoms with van der Waals surface area (Å²) in [7, 11) is 1.23. The Bertz CT molecular complexity index is 333. The van der Waals surface area contributed by atoms with Gasteiger partial charge in [0.15, 0.2) is 0 Å². The zero-order valence-corrected chi connectivity index (χ0v) is 10.9. The number of rotatable bonds is 5. The Kier molecular flexibility index (Phi) is 5.61. The molecule has 0 fully saturated rings. The van der Waals surface area contributed by atoms with Gasteiger partial charge in [0, 0.05) is 13.5 Å². The maximum absolute atomic E-state index is 11.6. The van der Waals surface area contributed by atoms with Crippen LogP contribution in [-0.4, -0.2) is 46.7 Å². The first-order valence-corrected chi connectivity index (χ1v) is 5.43. The van der Waals surface area contributed by atoms with E-state index in [0.29, 0.717) is 0 Å². The van der Waals surface area contributed by atoms with Gasteiger partial charge in [0.1, 0.15) is 11.6 Å². The number of aliphatic carboxylic acids is 1. The largest absolute Gasteiger partial charge is 0.481 e. The molecular formula is C11H18NO6. The van der Waals surface area contributed by atoms with Crippen LogP contribution in [0.5, 0.6) is 0 Å². The zero-order chi connectivity index (χ0) is 14.5. The third-order valence-corrected chi connectivity index (χ3v) is 2.05. The second-order valence-electron chi connectivity index (χ2n) is 4.86. The van der Waals surface area contributed by atoms with Crippen LogP contribution in [0.1, 0.15) is 33.6 Å². The van der Waals surface area contributed by atoms with Crippen LogP contribution in [0.4, 0.5) is 4.79 Å². The summed E-state index contributed by atoms with van der Waals surface area (Å²) < 4.78 is 4.99. The highest BCUT2D eigenvalue weighted by molar-refractivity contribution is 5.80. The van der Waals surface area contributed by atoms with Gasteiger partial charge in [-0.2, -0.15) is 0 Å². The molecule has 1 N–H and O–H groups in total. The van der Waals surface area contributed by atoms with Gasteiger partial charge in [-0.1, -0.05) is 0 Å². The molecule has 1 atom stereocenters. The number of carbonyl (C=O) groups excluding carboxylic acids is 2. The number of carbonyl (C=O) groups is 3. The van der Waals surface area contributed by atoms with Crippen LogP contribution >= 0.6 is 0 Å². The molecule has 7 nitrogen and oxygen atoms in total. The van der Waals surface area contributed by atoms with E-state index >= 15 is 0 Å². The van der Waals surface area contributed by atoms with Gasteiger partial charge >= 0.3 is 18.0 Å². The molecular weight excluding hydrogens is 242 g/mol. The predicted octanol–water partition coefficient (Wildman–Crippen LogP) is 1.04. The molecule has 0 aliphatic rings. The van der Waals surface area contributed by atoms with Gasteiger partial charge in [0.25, 0.3) is 0 Å². The minimum absolute atomic E-state index is 0.229. The normalized spacial score (nSPS) is 12.7. The van der Waals surface area contributed by atoms with Gasteiger partial charge in [-0.3, -0.25) is 9.69 Å². The van der Waals surface area contributed by atoms with Crippen LogP contribution in [-0.2, 0) is 19.4 Å². The van der Waals surface area contributed by atoms with Gasteiger partial charge in [0.2, 0.25) is 0 Å². The number of ether oxygens (including phenoxy) is 1. The molecule has 7 heteroatoms. The fourth-order valence-electron chi connectivity index (χ4n) is 1.19. The molecule has 0 bridgehead atoms. The van der Waals surface area contributed by atoms with E-state index in [2.05, 4.69) is 0 Å². The molecule has 0 saturated carbocycles. The maximum atomic E-state index is 11.6. The molecule has 0 saturated heterocycles. The van der Waals surface area contributed by atoms with E-state index in [1.807, 2.05) is 0 Å². The highest BCUT2D eigenvalue weighted by atomic mass is 16.6. The first-order chi connectivity index (χ1) is 8.04. The summed E-state index contributed by atoms with van der Waals surface area (Å²) in [5, 5.41) is 19.4. The average molecular weight is 260 g/mol. The van der Waals surface area contributed by atoms with Crippen molar-refractivity contribution in [3.63, 3.8) is 0 Å². The lowest BCUT2D eigenvalue weighted by Crippen LogP contribution is -2.44. The lowest BCUT2D eigenvalue weighted by atomic mass is 10.1. The second kappa shape index (κ2) is 6.23. The molecule has 0 rings (SSSR count). The quantitative estimate of drug-likeness (QED) is 0.795. The molecule has 0 aromatic carbocycles. The van der Waals surface area contributed by atoms with E-state index in [4.69, 9.17) is 9.84 Å². The molecule has 0 aromatic rings. The predicted molar refractivity (Wildman–Crippen MR) is 60.3 cm³/mol. The van der Waals surface area contributed by atoms with E-state index in [0.717, 1.165) is 4.90 Å². The summed E-state index contributed by atoms with van der Waals surface area (Å²) in [6.07, 6.45) is -1.43. The van der Waals surface area contributed by atoms with Gasteiger partial charge in [0.05, 0.1) is 0 Å². The molecule has 0 heterocycles. The average Bonchev–Trinajstić information content (AvgIpc) is 2.13. The summed E-state index contributed by atoms with van der Waals surface area (Å²) in [5.74, 6) is -2.65. The molecule has 0 aliphatic carbocycles. The van der Waals surface area contributed by atoms with Crippen LogP contribution < -0.4 is 0 Å². The Morgan fingerprint density at radius 3 is 2.11 bits per heavy atom. The summed E-state index contributed by atoms with van der Waals surface area (Å²) in [6.45, 7) is 4.93. The molecule has 18 heavy (non-hydrogen) atoms. The van der Waals surface area contributed by atoms with Gasteiger partial charge in [-0.25, -0.2) is 14.7 Å². The van der Waals surface area contributed by atoms with Crippen LogP contribution in [0.2, 0.25) is 0 Å². The van der Waals surface area contributed by atoms with Crippen molar-refractivity contribution < 1.29 is 29.3 Å². The van der Waals surface area contributed by atoms with Crippen LogP contribution in [0.3, 0.4) is 0 Å². The number of likely N-dealkylation sites (N-methyl/N-ethyl adjacent to an activating group) is 1. The van der Waals surface area contributed by atoms with E-state index in [-0.39, 0.29) is 12.8 Å². The number of hydrogen-bond donors (Lipinski definition) is 1. The lowest BCUT2D eigenvalue weighted by Gasteiger charge is -2.27. The van der Waals surface area contributed by atoms with Gasteiger partial charge in [-0.05, 0) is 27.2 Å². The molecule has 1 amide bonds. The van der Waals surface area contributed by atoms with Crippen molar-refractivity contribution in [1.82, 2.24) is 4.90 Å². The van der Waals surface area contributed by atoms with Crippen LogP contribution in [0.25, 0.3) is 0 Å². The molecule has 103 valence electrons. The Hall–Kier alpha value is -1.79. The number of nitrogens with zero attached hydrogens (tertiary/aromatic N) is 1. The maximum Gasteiger partial charge on any atom is 0.410 e. The summed E-state index contributed by atoms with van der Waals surface area (Å²) >= 11 is 0. The Balaban J connectivity index is 4.65. The summed E-state index contributed by atoms with van der Waals surface area (Å²) in [5.41, 5.74) is -0.755. The second-order valence-corrected chi connectivity index (χ2v) is 4.86. The molecule has 0 aliphatic heterocycles. The Morgan fingerprint density at radius 1 is 1.28 bits per heavy atom. The Labute approximate surface area is 105 Å². The summed E-state index contributed by atoms with van der Waals surface area (Å²) in [4.78, 5) is 33.7. The van der Waals surface area contributed by atoms with Crippen molar-refractivity contribution in [2.24, 2.45) is 0 Å². The highest BCUT2D eigenvalue weighted by Gasteiger charge is 2.31. The van der Waals surface area contributed by atoms with Crippen molar-refractivity contribution in [2.75, 3.05) is 7.05 Å². The smallest absolute Gasteiger partial charge is 0.410 e. The van der Waals surface area contributed by atoms with Crippen molar-refractivity contribution in [1.29, 1.82) is 0 Å². The van der Waals surface area contributed by atoms with Crippen molar-refractivity contribution in [3.05, 3.63) is 0 Å². The van der Waals surface area contributed by atoms with Crippen molar-refractivity contribution in [2.45, 2.75) is 45.3 Å². The van der Waals surface area contributed by atoms with E-state index in [1.165, 1.54) is 7.05 Å². The zero-order valence-electron chi connectivity index (χ0n) is 10.9. The van der Waals surface area contributed by atoms with Crippen molar-refractivity contribution in [3.8, 4) is 0 Å². The van der Waals surface area contributed by atoms with E-state index in [1.54, 1.807) is 20.8 Å². The van der Waals surface area contributed by atoms with Gasteiger partial charge < -0.3 is 9.84 Å². The molecule has 0 aromatic heterocycles. The number of carboxylic acids is 1. The SMILES string of the molecule is CN(C(=O)OC(C)(C)C)[C@@H](CCC(=O)O)C([O])=O. The van der Waals surface area contributed by atoms with E-state index < -0.39 is 29.7 Å². The third-order valence-electron chi connectivity index (χ3n) is 2.05. The fourth-order valence-corrected chi connectivity index (χ4v) is 1.19. The number of amides is 1. The minimum atomic E-state index is -1.51. The first-order valence-electron chi connectivity index (χ1n) is 5.43. The molecule has 1 radical (unpaired) electrons. The third kappa shape index (κ3) is 6.07. The monoisotopic (exact) mass is 260 g/mol. The molecule has 0 spiro atoms. The first kappa shape index (κ1) is 16.2.